The Morgan fingerprint density at radius 1 is 1.56 bits per heavy atom. The van der Waals surface area contributed by atoms with E-state index in [-0.39, 0.29) is 18.6 Å². The Morgan fingerprint density at radius 3 is 2.89 bits per heavy atom. The van der Waals surface area contributed by atoms with Crippen molar-refractivity contribution in [3.05, 3.63) is 0 Å². The summed E-state index contributed by atoms with van der Waals surface area (Å²) in [4.78, 5) is 13.9. The molecular weight excluding hydrogens is 234 g/mol. The first-order chi connectivity index (χ1) is 8.60. The molecular formula is C12H23N3O3. The number of nitrogens with one attached hydrogen (secondary N) is 2. The smallest absolute Gasteiger partial charge is 0.234 e. The van der Waals surface area contributed by atoms with Gasteiger partial charge in [0.2, 0.25) is 5.91 Å². The average molecular weight is 257 g/mol. The lowest BCUT2D eigenvalue weighted by Gasteiger charge is -2.29. The minimum atomic E-state index is -0.904. The van der Waals surface area contributed by atoms with Crippen molar-refractivity contribution in [2.75, 3.05) is 45.9 Å². The van der Waals surface area contributed by atoms with Gasteiger partial charge in [0.25, 0.3) is 0 Å². The number of piperazine rings is 1. The van der Waals surface area contributed by atoms with E-state index in [4.69, 9.17) is 4.74 Å². The van der Waals surface area contributed by atoms with E-state index in [1.165, 1.54) is 0 Å². The third-order valence-corrected chi connectivity index (χ3v) is 3.83. The highest BCUT2D eigenvalue weighted by Crippen LogP contribution is 2.24. The summed E-state index contributed by atoms with van der Waals surface area (Å²) in [5.74, 6) is -0.0237. The predicted octanol–water partition coefficient (Wildman–Crippen LogP) is -1.45. The number of rotatable bonds is 4. The monoisotopic (exact) mass is 257 g/mol. The Kier molecular flexibility index (Phi) is 4.55. The average Bonchev–Trinajstić information content (AvgIpc) is 2.69. The van der Waals surface area contributed by atoms with Gasteiger partial charge in [-0.2, -0.15) is 0 Å². The number of carbonyl (C=O) groups is 1. The normalized spacial score (nSPS) is 33.6. The van der Waals surface area contributed by atoms with Crippen LogP contribution in [0.2, 0.25) is 0 Å². The summed E-state index contributed by atoms with van der Waals surface area (Å²) in [5.41, 5.74) is -0.904. The first kappa shape index (κ1) is 13.7. The van der Waals surface area contributed by atoms with Crippen molar-refractivity contribution in [2.45, 2.75) is 25.0 Å². The zero-order valence-corrected chi connectivity index (χ0v) is 10.9. The molecule has 104 valence electrons. The molecule has 0 aromatic heterocycles. The Hall–Kier alpha value is -0.690. The summed E-state index contributed by atoms with van der Waals surface area (Å²) < 4.78 is 5.33. The van der Waals surface area contributed by atoms with Gasteiger partial charge < -0.3 is 20.5 Å². The second-order valence-corrected chi connectivity index (χ2v) is 5.17. The molecule has 2 aliphatic heterocycles. The Balaban J connectivity index is 1.71. The summed E-state index contributed by atoms with van der Waals surface area (Å²) in [6.07, 6.45) is 0.374. The molecule has 0 radical (unpaired) electrons. The molecule has 2 aliphatic rings. The van der Waals surface area contributed by atoms with Crippen molar-refractivity contribution >= 4 is 5.91 Å². The zero-order valence-electron chi connectivity index (χ0n) is 10.9. The standard InChI is InChI=1S/C12H23N3O3/c1-10-12(17,2-7-18-10)9-14-11(16)8-15-5-3-13-4-6-15/h10,13,17H,2-9H2,1H3,(H,14,16). The third-order valence-electron chi connectivity index (χ3n) is 3.83. The molecule has 0 aromatic carbocycles. The number of hydrogen-bond acceptors (Lipinski definition) is 5. The summed E-state index contributed by atoms with van der Waals surface area (Å²) in [5, 5.41) is 16.3. The van der Waals surface area contributed by atoms with Gasteiger partial charge in [-0.25, -0.2) is 0 Å². The fourth-order valence-electron chi connectivity index (χ4n) is 2.38. The van der Waals surface area contributed by atoms with Crippen LogP contribution >= 0.6 is 0 Å². The van der Waals surface area contributed by atoms with Crippen molar-refractivity contribution in [1.82, 2.24) is 15.5 Å². The van der Waals surface area contributed by atoms with E-state index in [9.17, 15) is 9.90 Å². The van der Waals surface area contributed by atoms with Crippen molar-refractivity contribution in [3.8, 4) is 0 Å². The van der Waals surface area contributed by atoms with Crippen LogP contribution in [-0.4, -0.2) is 73.5 Å². The van der Waals surface area contributed by atoms with Gasteiger partial charge in [-0.15, -0.1) is 0 Å². The molecule has 2 fully saturated rings. The Labute approximate surface area is 108 Å². The van der Waals surface area contributed by atoms with E-state index < -0.39 is 5.60 Å². The first-order valence-corrected chi connectivity index (χ1v) is 6.64. The van der Waals surface area contributed by atoms with E-state index >= 15 is 0 Å². The van der Waals surface area contributed by atoms with Crippen LogP contribution in [0.25, 0.3) is 0 Å². The largest absolute Gasteiger partial charge is 0.385 e. The van der Waals surface area contributed by atoms with Crippen LogP contribution in [0, 0.1) is 0 Å². The Morgan fingerprint density at radius 2 is 2.28 bits per heavy atom. The number of nitrogens with zero attached hydrogens (tertiary/aromatic N) is 1. The SMILES string of the molecule is CC1OCCC1(O)CNC(=O)CN1CCNCC1. The van der Waals surface area contributed by atoms with Crippen molar-refractivity contribution in [1.29, 1.82) is 0 Å². The molecule has 0 aliphatic carbocycles. The molecule has 0 aromatic rings. The molecule has 3 N–H and O–H groups in total. The van der Waals surface area contributed by atoms with Gasteiger partial charge in [0.05, 0.1) is 12.6 Å². The first-order valence-electron chi connectivity index (χ1n) is 6.64. The molecule has 0 saturated carbocycles. The summed E-state index contributed by atoms with van der Waals surface area (Å²) in [7, 11) is 0. The van der Waals surface area contributed by atoms with Crippen LogP contribution in [0.15, 0.2) is 0 Å². The number of aliphatic hydroxyl groups is 1. The number of carbonyl (C=O) groups excluding carboxylic acids is 1. The van der Waals surface area contributed by atoms with Crippen LogP contribution in [0.3, 0.4) is 0 Å². The summed E-state index contributed by atoms with van der Waals surface area (Å²) in [6, 6.07) is 0. The van der Waals surface area contributed by atoms with E-state index in [2.05, 4.69) is 15.5 Å². The van der Waals surface area contributed by atoms with Crippen LogP contribution in [-0.2, 0) is 9.53 Å². The molecule has 2 heterocycles. The number of hydrogen-bond donors (Lipinski definition) is 3. The fourth-order valence-corrected chi connectivity index (χ4v) is 2.38. The van der Waals surface area contributed by atoms with Crippen molar-refractivity contribution in [2.24, 2.45) is 0 Å². The van der Waals surface area contributed by atoms with Gasteiger partial charge in [0.1, 0.15) is 5.60 Å². The highest BCUT2D eigenvalue weighted by Gasteiger charge is 2.39. The van der Waals surface area contributed by atoms with Crippen LogP contribution in [0.4, 0.5) is 0 Å². The summed E-state index contributed by atoms with van der Waals surface area (Å²) in [6.45, 7) is 6.76. The zero-order chi connectivity index (χ0) is 13.0. The van der Waals surface area contributed by atoms with E-state index in [0.717, 1.165) is 26.2 Å². The molecule has 6 nitrogen and oxygen atoms in total. The quantitative estimate of drug-likeness (QED) is 0.574. The highest BCUT2D eigenvalue weighted by molar-refractivity contribution is 5.78. The van der Waals surface area contributed by atoms with Gasteiger partial charge in [-0.05, 0) is 6.92 Å². The van der Waals surface area contributed by atoms with E-state index in [1.54, 1.807) is 0 Å². The van der Waals surface area contributed by atoms with Crippen LogP contribution in [0.5, 0.6) is 0 Å². The molecule has 2 atom stereocenters. The van der Waals surface area contributed by atoms with Gasteiger partial charge in [-0.3, -0.25) is 9.69 Å². The topological polar surface area (TPSA) is 73.8 Å². The molecule has 0 bridgehead atoms. The second kappa shape index (κ2) is 5.97. The van der Waals surface area contributed by atoms with Crippen LogP contribution < -0.4 is 10.6 Å². The maximum absolute atomic E-state index is 11.8. The molecule has 2 saturated heterocycles. The maximum atomic E-state index is 11.8. The fraction of sp³-hybridized carbons (Fsp3) is 0.917. The van der Waals surface area contributed by atoms with Gasteiger partial charge >= 0.3 is 0 Å². The molecule has 2 unspecified atom stereocenters. The molecule has 0 spiro atoms. The predicted molar refractivity (Wildman–Crippen MR) is 67.3 cm³/mol. The van der Waals surface area contributed by atoms with E-state index in [1.807, 2.05) is 6.92 Å². The number of ether oxygens (including phenoxy) is 1. The molecule has 6 heteroatoms. The lowest BCUT2D eigenvalue weighted by molar-refractivity contribution is -0.124. The number of amides is 1. The highest BCUT2D eigenvalue weighted by atomic mass is 16.5. The van der Waals surface area contributed by atoms with Crippen molar-refractivity contribution in [3.63, 3.8) is 0 Å². The lowest BCUT2D eigenvalue weighted by atomic mass is 9.97. The Bertz CT molecular complexity index is 294. The minimum absolute atomic E-state index is 0.0237. The maximum Gasteiger partial charge on any atom is 0.234 e. The third kappa shape index (κ3) is 3.41. The van der Waals surface area contributed by atoms with E-state index in [0.29, 0.717) is 19.6 Å². The van der Waals surface area contributed by atoms with Gasteiger partial charge in [0, 0.05) is 45.8 Å². The minimum Gasteiger partial charge on any atom is -0.385 e. The molecule has 2 rings (SSSR count). The van der Waals surface area contributed by atoms with Crippen molar-refractivity contribution < 1.29 is 14.6 Å². The van der Waals surface area contributed by atoms with Gasteiger partial charge in [-0.1, -0.05) is 0 Å². The molecule has 18 heavy (non-hydrogen) atoms. The second-order valence-electron chi connectivity index (χ2n) is 5.17. The molecule has 1 amide bonds. The van der Waals surface area contributed by atoms with Crippen LogP contribution in [0.1, 0.15) is 13.3 Å². The summed E-state index contributed by atoms with van der Waals surface area (Å²) >= 11 is 0. The van der Waals surface area contributed by atoms with Gasteiger partial charge in [0.15, 0.2) is 0 Å². The lowest BCUT2D eigenvalue weighted by Crippen LogP contribution is -2.51.